The molecule has 5 nitrogen and oxygen atoms in total. The van der Waals surface area contributed by atoms with Crippen molar-refractivity contribution in [2.24, 2.45) is 0 Å². The second kappa shape index (κ2) is 9.32. The van der Waals surface area contributed by atoms with Gasteiger partial charge in [-0.3, -0.25) is 14.2 Å². The van der Waals surface area contributed by atoms with Crippen LogP contribution in [0.3, 0.4) is 0 Å². The molecule has 1 heterocycles. The van der Waals surface area contributed by atoms with Crippen molar-refractivity contribution in [1.82, 2.24) is 9.55 Å². The van der Waals surface area contributed by atoms with E-state index in [1.54, 1.807) is 60.7 Å². The Kier molecular flexibility index (Phi) is 6.34. The lowest BCUT2D eigenvalue weighted by molar-refractivity contribution is -0.113. The van der Waals surface area contributed by atoms with Crippen molar-refractivity contribution < 1.29 is 9.18 Å². The molecule has 31 heavy (non-hydrogen) atoms. The summed E-state index contributed by atoms with van der Waals surface area (Å²) in [6, 6.07) is 19.9. The van der Waals surface area contributed by atoms with Gasteiger partial charge in [0.15, 0.2) is 5.16 Å². The Morgan fingerprint density at radius 2 is 1.84 bits per heavy atom. The molecule has 1 amide bonds. The molecule has 4 rings (SSSR count). The summed E-state index contributed by atoms with van der Waals surface area (Å²) in [6.07, 6.45) is 0. The van der Waals surface area contributed by atoms with Crippen molar-refractivity contribution in [2.75, 3.05) is 11.1 Å². The van der Waals surface area contributed by atoms with E-state index in [0.717, 1.165) is 17.3 Å². The third-order valence-electron chi connectivity index (χ3n) is 4.52. The van der Waals surface area contributed by atoms with Gasteiger partial charge in [-0.05, 0) is 48.0 Å². The Labute approximate surface area is 186 Å². The van der Waals surface area contributed by atoms with Gasteiger partial charge in [0.25, 0.3) is 5.56 Å². The van der Waals surface area contributed by atoms with E-state index in [1.807, 2.05) is 0 Å². The van der Waals surface area contributed by atoms with Crippen molar-refractivity contribution in [1.29, 1.82) is 0 Å². The van der Waals surface area contributed by atoms with Gasteiger partial charge in [-0.2, -0.15) is 0 Å². The van der Waals surface area contributed by atoms with Crippen LogP contribution < -0.4 is 10.9 Å². The second-order valence-electron chi connectivity index (χ2n) is 6.78. The lowest BCUT2D eigenvalue weighted by Crippen LogP contribution is -2.25. The fourth-order valence-electron chi connectivity index (χ4n) is 3.06. The molecule has 0 spiro atoms. The molecule has 0 aliphatic heterocycles. The number of hydrogen-bond donors (Lipinski definition) is 1. The molecule has 1 N–H and O–H groups in total. The molecule has 1 aromatic heterocycles. The Balaban J connectivity index is 1.61. The fraction of sp³-hybridized carbons (Fsp3) is 0.0870. The maximum absolute atomic E-state index is 13.3. The predicted octanol–water partition coefficient (Wildman–Crippen LogP) is 4.97. The van der Waals surface area contributed by atoms with E-state index in [2.05, 4.69) is 10.3 Å². The number of halogens is 2. The number of aromatic nitrogens is 2. The van der Waals surface area contributed by atoms with Gasteiger partial charge in [0.05, 0.1) is 23.2 Å². The lowest BCUT2D eigenvalue weighted by Gasteiger charge is -2.13. The maximum Gasteiger partial charge on any atom is 0.262 e. The summed E-state index contributed by atoms with van der Waals surface area (Å²) in [4.78, 5) is 30.1. The van der Waals surface area contributed by atoms with Crippen LogP contribution in [-0.4, -0.2) is 21.2 Å². The number of nitrogens with zero attached hydrogens (tertiary/aromatic N) is 2. The zero-order chi connectivity index (χ0) is 21.8. The van der Waals surface area contributed by atoms with Crippen molar-refractivity contribution in [3.8, 4) is 0 Å². The topological polar surface area (TPSA) is 64.0 Å². The van der Waals surface area contributed by atoms with E-state index in [4.69, 9.17) is 11.6 Å². The van der Waals surface area contributed by atoms with Crippen LogP contribution in [0, 0.1) is 5.82 Å². The van der Waals surface area contributed by atoms with Gasteiger partial charge in [-0.25, -0.2) is 9.37 Å². The van der Waals surface area contributed by atoms with Crippen LogP contribution in [0.2, 0.25) is 5.02 Å². The molecule has 3 aromatic carbocycles. The minimum atomic E-state index is -0.347. The van der Waals surface area contributed by atoms with E-state index in [0.29, 0.717) is 26.8 Å². The van der Waals surface area contributed by atoms with Gasteiger partial charge in [-0.1, -0.05) is 53.7 Å². The number of carbonyl (C=O) groups is 1. The van der Waals surface area contributed by atoms with Crippen LogP contribution >= 0.6 is 23.4 Å². The number of fused-ring (bicyclic) bond motifs is 1. The third-order valence-corrected chi connectivity index (χ3v) is 5.73. The quantitative estimate of drug-likeness (QED) is 0.331. The highest BCUT2D eigenvalue weighted by atomic mass is 35.5. The van der Waals surface area contributed by atoms with E-state index >= 15 is 0 Å². The second-order valence-corrected chi connectivity index (χ2v) is 8.16. The molecule has 0 unspecified atom stereocenters. The lowest BCUT2D eigenvalue weighted by atomic mass is 10.2. The summed E-state index contributed by atoms with van der Waals surface area (Å²) >= 11 is 7.12. The molecule has 0 saturated heterocycles. The number of amides is 1. The zero-order valence-corrected chi connectivity index (χ0v) is 17.8. The first kappa shape index (κ1) is 21.1. The normalized spacial score (nSPS) is 10.9. The number of benzene rings is 3. The van der Waals surface area contributed by atoms with E-state index in [-0.39, 0.29) is 29.6 Å². The van der Waals surface area contributed by atoms with Crippen LogP contribution in [-0.2, 0) is 11.3 Å². The third kappa shape index (κ3) is 5.13. The van der Waals surface area contributed by atoms with Crippen LogP contribution in [0.25, 0.3) is 10.9 Å². The summed E-state index contributed by atoms with van der Waals surface area (Å²) in [5.74, 6) is -0.538. The van der Waals surface area contributed by atoms with E-state index < -0.39 is 0 Å². The summed E-state index contributed by atoms with van der Waals surface area (Å²) in [6.45, 7) is 0.217. The molecule has 156 valence electrons. The monoisotopic (exact) mass is 453 g/mol. The summed E-state index contributed by atoms with van der Waals surface area (Å²) < 4.78 is 14.8. The molecule has 8 heteroatoms. The average molecular weight is 454 g/mol. The molecule has 0 bridgehead atoms. The maximum atomic E-state index is 13.3. The summed E-state index contributed by atoms with van der Waals surface area (Å²) in [5.41, 5.74) is 1.69. The standard InChI is InChI=1S/C23H17ClFN3O2S/c24-16-4-3-5-18(12-16)26-21(29)14-31-23-27-20-7-2-1-6-19(20)22(30)28(23)13-15-8-10-17(25)11-9-15/h1-12H,13-14H2,(H,26,29). The van der Waals surface area contributed by atoms with Gasteiger partial charge in [0.2, 0.25) is 5.91 Å². The first-order valence-electron chi connectivity index (χ1n) is 9.42. The number of para-hydroxylation sites is 1. The molecule has 0 fully saturated rings. The minimum absolute atomic E-state index is 0.0563. The minimum Gasteiger partial charge on any atom is -0.325 e. The van der Waals surface area contributed by atoms with E-state index in [1.165, 1.54) is 16.7 Å². The summed E-state index contributed by atoms with van der Waals surface area (Å²) in [7, 11) is 0. The van der Waals surface area contributed by atoms with Crippen LogP contribution in [0.5, 0.6) is 0 Å². The van der Waals surface area contributed by atoms with Gasteiger partial charge in [0.1, 0.15) is 5.82 Å². The molecule has 4 aromatic rings. The number of rotatable bonds is 6. The number of thioether (sulfide) groups is 1. The highest BCUT2D eigenvalue weighted by Gasteiger charge is 2.14. The van der Waals surface area contributed by atoms with Gasteiger partial charge in [0, 0.05) is 10.7 Å². The molecule has 0 aliphatic rings. The van der Waals surface area contributed by atoms with E-state index in [9.17, 15) is 14.0 Å². The summed E-state index contributed by atoms with van der Waals surface area (Å²) in [5, 5.41) is 4.20. The van der Waals surface area contributed by atoms with Gasteiger partial charge in [-0.15, -0.1) is 0 Å². The van der Waals surface area contributed by atoms with Crippen molar-refractivity contribution in [3.63, 3.8) is 0 Å². The number of anilines is 1. The van der Waals surface area contributed by atoms with Crippen LogP contribution in [0.1, 0.15) is 5.56 Å². The molecular formula is C23H17ClFN3O2S. The Hall–Kier alpha value is -3.16. The average Bonchev–Trinajstić information content (AvgIpc) is 2.76. The zero-order valence-electron chi connectivity index (χ0n) is 16.2. The molecule has 0 aliphatic carbocycles. The van der Waals surface area contributed by atoms with Crippen LogP contribution in [0.4, 0.5) is 10.1 Å². The first-order valence-corrected chi connectivity index (χ1v) is 10.8. The van der Waals surface area contributed by atoms with Crippen molar-refractivity contribution in [2.45, 2.75) is 11.7 Å². The SMILES string of the molecule is O=C(CSc1nc2ccccc2c(=O)n1Cc1ccc(F)cc1)Nc1cccc(Cl)c1. The number of nitrogens with one attached hydrogen (secondary N) is 1. The molecule has 0 saturated carbocycles. The molecular weight excluding hydrogens is 437 g/mol. The first-order chi connectivity index (χ1) is 15.0. The Morgan fingerprint density at radius 3 is 2.61 bits per heavy atom. The van der Waals surface area contributed by atoms with Crippen molar-refractivity contribution >= 4 is 45.9 Å². The van der Waals surface area contributed by atoms with Gasteiger partial charge < -0.3 is 5.32 Å². The number of carbonyl (C=O) groups excluding carboxylic acids is 1. The smallest absolute Gasteiger partial charge is 0.262 e. The van der Waals surface area contributed by atoms with Gasteiger partial charge >= 0.3 is 0 Å². The Morgan fingerprint density at radius 1 is 1.06 bits per heavy atom. The highest BCUT2D eigenvalue weighted by molar-refractivity contribution is 7.99. The number of hydrogen-bond acceptors (Lipinski definition) is 4. The molecule has 0 atom stereocenters. The highest BCUT2D eigenvalue weighted by Crippen LogP contribution is 2.20. The van der Waals surface area contributed by atoms with Crippen LogP contribution in [0.15, 0.2) is 82.7 Å². The molecule has 0 radical (unpaired) electrons. The van der Waals surface area contributed by atoms with Crippen molar-refractivity contribution in [3.05, 3.63) is 99.6 Å². The largest absolute Gasteiger partial charge is 0.325 e. The fourth-order valence-corrected chi connectivity index (χ4v) is 4.05. The Bertz CT molecular complexity index is 1310. The predicted molar refractivity (Wildman–Crippen MR) is 122 cm³/mol.